The first-order valence-electron chi connectivity index (χ1n) is 6.70. The van der Waals surface area contributed by atoms with E-state index < -0.39 is 0 Å². The van der Waals surface area contributed by atoms with E-state index in [1.165, 1.54) is 0 Å². The highest BCUT2D eigenvalue weighted by Crippen LogP contribution is 2.19. The summed E-state index contributed by atoms with van der Waals surface area (Å²) in [7, 11) is 1.65. The van der Waals surface area contributed by atoms with Crippen molar-refractivity contribution >= 4 is 29.1 Å². The van der Waals surface area contributed by atoms with E-state index in [4.69, 9.17) is 22.7 Å². The number of allylic oxidation sites excluding steroid dienone is 1. The van der Waals surface area contributed by atoms with Gasteiger partial charge in [0.25, 0.3) is 0 Å². The molecule has 0 aliphatic carbocycles. The molecule has 0 unspecified atom stereocenters. The van der Waals surface area contributed by atoms with Crippen LogP contribution in [0.3, 0.4) is 0 Å². The number of hydrogen-bond donors (Lipinski definition) is 2. The molecule has 0 aromatic heterocycles. The summed E-state index contributed by atoms with van der Waals surface area (Å²) in [6, 6.07) is 17.5. The van der Waals surface area contributed by atoms with Crippen LogP contribution in [0.25, 0.3) is 6.08 Å². The Morgan fingerprint density at radius 2 is 1.82 bits per heavy atom. The number of nitrogens with zero attached hydrogens (tertiary/aromatic N) is 1. The lowest BCUT2D eigenvalue weighted by Crippen LogP contribution is -2.25. The SMILES string of the molecule is COc1ccccc1/C=C/C(=N/NC(N)=S)c1ccccc1. The second-order valence-electron chi connectivity index (χ2n) is 4.41. The van der Waals surface area contributed by atoms with Crippen LogP contribution in [0.4, 0.5) is 0 Å². The lowest BCUT2D eigenvalue weighted by molar-refractivity contribution is 0.414. The van der Waals surface area contributed by atoms with Gasteiger partial charge in [-0.15, -0.1) is 0 Å². The monoisotopic (exact) mass is 311 g/mol. The molecule has 0 saturated carbocycles. The van der Waals surface area contributed by atoms with E-state index in [-0.39, 0.29) is 5.11 Å². The van der Waals surface area contributed by atoms with Gasteiger partial charge in [-0.05, 0) is 30.4 Å². The number of methoxy groups -OCH3 is 1. The highest BCUT2D eigenvalue weighted by Gasteiger charge is 2.01. The molecule has 5 heteroatoms. The molecule has 4 nitrogen and oxygen atoms in total. The van der Waals surface area contributed by atoms with Crippen molar-refractivity contribution in [3.05, 3.63) is 71.8 Å². The van der Waals surface area contributed by atoms with Crippen molar-refractivity contribution in [2.24, 2.45) is 10.8 Å². The first-order valence-corrected chi connectivity index (χ1v) is 7.11. The van der Waals surface area contributed by atoms with Crippen molar-refractivity contribution in [2.75, 3.05) is 7.11 Å². The average Bonchev–Trinajstić information content (AvgIpc) is 2.55. The maximum absolute atomic E-state index is 5.44. The van der Waals surface area contributed by atoms with Gasteiger partial charge in [0, 0.05) is 11.1 Å². The highest BCUT2D eigenvalue weighted by atomic mass is 32.1. The Hall–Kier alpha value is -2.66. The van der Waals surface area contributed by atoms with Crippen molar-refractivity contribution in [2.45, 2.75) is 0 Å². The van der Waals surface area contributed by atoms with Gasteiger partial charge in [0.2, 0.25) is 0 Å². The Labute approximate surface area is 135 Å². The van der Waals surface area contributed by atoms with E-state index in [1.807, 2.05) is 66.7 Å². The zero-order valence-electron chi connectivity index (χ0n) is 12.2. The van der Waals surface area contributed by atoms with Gasteiger partial charge in [-0.3, -0.25) is 5.43 Å². The fourth-order valence-corrected chi connectivity index (χ4v) is 1.94. The smallest absolute Gasteiger partial charge is 0.184 e. The summed E-state index contributed by atoms with van der Waals surface area (Å²) in [5.74, 6) is 0.800. The second-order valence-corrected chi connectivity index (χ2v) is 4.85. The third kappa shape index (κ3) is 4.43. The normalized spacial score (nSPS) is 11.4. The zero-order valence-corrected chi connectivity index (χ0v) is 13.0. The van der Waals surface area contributed by atoms with Gasteiger partial charge in [-0.1, -0.05) is 48.5 Å². The summed E-state index contributed by atoms with van der Waals surface area (Å²) in [6.07, 6.45) is 3.82. The van der Waals surface area contributed by atoms with Crippen molar-refractivity contribution in [1.82, 2.24) is 5.43 Å². The number of thiocarbonyl (C=S) groups is 1. The number of benzene rings is 2. The minimum Gasteiger partial charge on any atom is -0.496 e. The number of para-hydroxylation sites is 1. The molecule has 112 valence electrons. The van der Waals surface area contributed by atoms with E-state index in [0.717, 1.165) is 22.6 Å². The highest BCUT2D eigenvalue weighted by molar-refractivity contribution is 7.80. The number of rotatable bonds is 5. The van der Waals surface area contributed by atoms with Crippen molar-refractivity contribution < 1.29 is 4.74 Å². The van der Waals surface area contributed by atoms with Gasteiger partial charge in [-0.25, -0.2) is 0 Å². The molecule has 0 fully saturated rings. The Morgan fingerprint density at radius 1 is 1.14 bits per heavy atom. The fraction of sp³-hybridized carbons (Fsp3) is 0.0588. The van der Waals surface area contributed by atoms with Crippen LogP contribution in [0.5, 0.6) is 5.75 Å². The summed E-state index contributed by atoms with van der Waals surface area (Å²) in [6.45, 7) is 0. The third-order valence-electron chi connectivity index (χ3n) is 2.92. The molecule has 22 heavy (non-hydrogen) atoms. The number of hydrazone groups is 1. The molecular formula is C17H17N3OS. The van der Waals surface area contributed by atoms with Crippen LogP contribution in [0, 0.1) is 0 Å². The molecule has 0 bridgehead atoms. The largest absolute Gasteiger partial charge is 0.496 e. The summed E-state index contributed by atoms with van der Waals surface area (Å²) in [5, 5.41) is 4.36. The molecule has 2 aromatic carbocycles. The molecule has 2 aromatic rings. The quantitative estimate of drug-likeness (QED) is 0.506. The number of nitrogens with two attached hydrogens (primary N) is 1. The maximum Gasteiger partial charge on any atom is 0.184 e. The molecule has 0 radical (unpaired) electrons. The van der Waals surface area contributed by atoms with Gasteiger partial charge >= 0.3 is 0 Å². The minimum absolute atomic E-state index is 0.124. The lowest BCUT2D eigenvalue weighted by atomic mass is 10.1. The maximum atomic E-state index is 5.44. The molecule has 0 atom stereocenters. The molecule has 0 spiro atoms. The van der Waals surface area contributed by atoms with Crippen LogP contribution in [0.2, 0.25) is 0 Å². The minimum atomic E-state index is 0.124. The van der Waals surface area contributed by atoms with Crippen molar-refractivity contribution in [3.63, 3.8) is 0 Å². The van der Waals surface area contributed by atoms with E-state index >= 15 is 0 Å². The lowest BCUT2D eigenvalue weighted by Gasteiger charge is -2.05. The van der Waals surface area contributed by atoms with E-state index in [0.29, 0.717) is 0 Å². The van der Waals surface area contributed by atoms with E-state index in [2.05, 4.69) is 10.5 Å². The molecule has 0 heterocycles. The molecular weight excluding hydrogens is 294 g/mol. The zero-order chi connectivity index (χ0) is 15.8. The van der Waals surface area contributed by atoms with Gasteiger partial charge in [0.05, 0.1) is 12.8 Å². The summed E-state index contributed by atoms with van der Waals surface area (Å²) >= 11 is 4.80. The summed E-state index contributed by atoms with van der Waals surface area (Å²) < 4.78 is 5.33. The van der Waals surface area contributed by atoms with Gasteiger partial charge in [-0.2, -0.15) is 5.10 Å². The number of hydrogen-bond acceptors (Lipinski definition) is 3. The van der Waals surface area contributed by atoms with Crippen LogP contribution in [-0.4, -0.2) is 17.9 Å². The van der Waals surface area contributed by atoms with Crippen molar-refractivity contribution in [3.8, 4) is 5.75 Å². The van der Waals surface area contributed by atoms with Crippen LogP contribution in [0.15, 0.2) is 65.8 Å². The molecule has 3 N–H and O–H groups in total. The fourth-order valence-electron chi connectivity index (χ4n) is 1.90. The summed E-state index contributed by atoms with van der Waals surface area (Å²) in [4.78, 5) is 0. The second kappa shape index (κ2) is 7.95. The van der Waals surface area contributed by atoms with Gasteiger partial charge < -0.3 is 10.5 Å². The standard InChI is InChI=1S/C17H17N3OS/c1-21-16-10-6-5-9-14(16)11-12-15(19-20-17(18)22)13-7-3-2-4-8-13/h2-12H,1H3,(H3,18,20,22)/b12-11+,19-15-. The molecule has 2 rings (SSSR count). The van der Waals surface area contributed by atoms with Crippen LogP contribution in [0.1, 0.15) is 11.1 Å². The topological polar surface area (TPSA) is 59.6 Å². The predicted octanol–water partition coefficient (Wildman–Crippen LogP) is 2.95. The van der Waals surface area contributed by atoms with Crippen LogP contribution < -0.4 is 15.9 Å². The van der Waals surface area contributed by atoms with E-state index in [9.17, 15) is 0 Å². The number of ether oxygens (including phenoxy) is 1. The molecule has 0 saturated heterocycles. The number of nitrogens with one attached hydrogen (secondary N) is 1. The molecule has 0 amide bonds. The van der Waals surface area contributed by atoms with Gasteiger partial charge in [0.1, 0.15) is 5.75 Å². The Kier molecular flexibility index (Phi) is 5.68. The average molecular weight is 311 g/mol. The summed E-state index contributed by atoms with van der Waals surface area (Å²) in [5.41, 5.74) is 10.7. The molecule has 0 aliphatic heterocycles. The van der Waals surface area contributed by atoms with Crippen molar-refractivity contribution in [1.29, 1.82) is 0 Å². The predicted molar refractivity (Wildman–Crippen MR) is 94.9 cm³/mol. The Balaban J connectivity index is 2.32. The third-order valence-corrected chi connectivity index (χ3v) is 3.01. The molecule has 0 aliphatic rings. The first kappa shape index (κ1) is 15.7. The first-order chi connectivity index (χ1) is 10.7. The van der Waals surface area contributed by atoms with Crippen LogP contribution in [-0.2, 0) is 0 Å². The Morgan fingerprint density at radius 3 is 2.50 bits per heavy atom. The van der Waals surface area contributed by atoms with E-state index in [1.54, 1.807) is 7.11 Å². The van der Waals surface area contributed by atoms with Gasteiger partial charge in [0.15, 0.2) is 5.11 Å². The Bertz CT molecular complexity index is 696. The van der Waals surface area contributed by atoms with Crippen LogP contribution >= 0.6 is 12.2 Å².